The van der Waals surface area contributed by atoms with Crippen LogP contribution >= 0.6 is 35.0 Å². The lowest BCUT2D eigenvalue weighted by molar-refractivity contribution is 0.0981. The van der Waals surface area contributed by atoms with Crippen molar-refractivity contribution in [2.45, 2.75) is 16.3 Å². The summed E-state index contributed by atoms with van der Waals surface area (Å²) < 4.78 is 27.2. The molecule has 0 unspecified atom stereocenters. The van der Waals surface area contributed by atoms with Crippen molar-refractivity contribution in [2.24, 2.45) is 0 Å². The zero-order valence-electron chi connectivity index (χ0n) is 16.9. The molecule has 0 saturated heterocycles. The standard InChI is InChI=1S/C23H18Cl2N2O3S2/c1-31-23-19(11-14-7-9-16(24)13-20(14)25)18-12-15(8-10-21(18)26-23)22(28)27-32(29,30)17-5-3-2-4-6-17/h2-10,12-13,26H,11H2,1H3,(H,27,28). The smallest absolute Gasteiger partial charge is 0.265 e. The van der Waals surface area contributed by atoms with E-state index in [0.29, 0.717) is 16.5 Å². The molecular formula is C23H18Cl2N2O3S2. The van der Waals surface area contributed by atoms with E-state index in [0.717, 1.165) is 27.1 Å². The fourth-order valence-electron chi connectivity index (χ4n) is 3.41. The molecule has 1 amide bonds. The fourth-order valence-corrected chi connectivity index (χ4v) is 5.52. The largest absolute Gasteiger partial charge is 0.349 e. The summed E-state index contributed by atoms with van der Waals surface area (Å²) in [4.78, 5) is 16.1. The van der Waals surface area contributed by atoms with E-state index in [1.54, 1.807) is 60.3 Å². The van der Waals surface area contributed by atoms with Gasteiger partial charge < -0.3 is 4.98 Å². The molecule has 1 aromatic heterocycles. The number of aromatic nitrogens is 1. The lowest BCUT2D eigenvalue weighted by Gasteiger charge is -2.08. The first-order valence-corrected chi connectivity index (χ1v) is 13.0. The molecule has 32 heavy (non-hydrogen) atoms. The molecule has 1 heterocycles. The molecule has 5 nitrogen and oxygen atoms in total. The Hall–Kier alpha value is -2.45. The van der Waals surface area contributed by atoms with Crippen molar-refractivity contribution in [1.82, 2.24) is 9.71 Å². The van der Waals surface area contributed by atoms with Crippen LogP contribution in [0.3, 0.4) is 0 Å². The molecule has 4 rings (SSSR count). The summed E-state index contributed by atoms with van der Waals surface area (Å²) in [5, 5.41) is 2.88. The van der Waals surface area contributed by atoms with Crippen LogP contribution in [0.1, 0.15) is 21.5 Å². The van der Waals surface area contributed by atoms with Crippen LogP contribution in [-0.4, -0.2) is 25.6 Å². The van der Waals surface area contributed by atoms with Crippen molar-refractivity contribution in [3.63, 3.8) is 0 Å². The highest BCUT2D eigenvalue weighted by atomic mass is 35.5. The number of halogens is 2. The van der Waals surface area contributed by atoms with E-state index in [4.69, 9.17) is 23.2 Å². The molecule has 0 spiro atoms. The van der Waals surface area contributed by atoms with E-state index >= 15 is 0 Å². The van der Waals surface area contributed by atoms with Crippen molar-refractivity contribution >= 4 is 61.8 Å². The zero-order valence-corrected chi connectivity index (χ0v) is 20.0. The van der Waals surface area contributed by atoms with Gasteiger partial charge in [-0.25, -0.2) is 13.1 Å². The second kappa shape index (κ2) is 9.19. The van der Waals surface area contributed by atoms with Gasteiger partial charge in [0.25, 0.3) is 15.9 Å². The molecule has 0 atom stereocenters. The van der Waals surface area contributed by atoms with E-state index in [1.807, 2.05) is 12.3 Å². The maximum Gasteiger partial charge on any atom is 0.265 e. The summed E-state index contributed by atoms with van der Waals surface area (Å²) in [5.41, 5.74) is 2.95. The number of aromatic amines is 1. The minimum atomic E-state index is -3.97. The average molecular weight is 505 g/mol. The first kappa shape index (κ1) is 22.7. The van der Waals surface area contributed by atoms with Crippen LogP contribution in [0.15, 0.2) is 76.7 Å². The van der Waals surface area contributed by atoms with Gasteiger partial charge in [-0.05, 0) is 59.8 Å². The minimum Gasteiger partial charge on any atom is -0.349 e. The number of rotatable bonds is 6. The third-order valence-corrected chi connectivity index (χ3v) is 7.69. The maximum atomic E-state index is 12.8. The Morgan fingerprint density at radius 2 is 1.78 bits per heavy atom. The molecule has 0 radical (unpaired) electrons. The van der Waals surface area contributed by atoms with Gasteiger partial charge in [-0.3, -0.25) is 4.79 Å². The van der Waals surface area contributed by atoms with E-state index in [2.05, 4.69) is 9.71 Å². The highest BCUT2D eigenvalue weighted by molar-refractivity contribution is 7.98. The van der Waals surface area contributed by atoms with Gasteiger partial charge in [-0.1, -0.05) is 47.5 Å². The minimum absolute atomic E-state index is 0.0267. The van der Waals surface area contributed by atoms with Crippen molar-refractivity contribution < 1.29 is 13.2 Å². The van der Waals surface area contributed by atoms with Crippen molar-refractivity contribution in [2.75, 3.05) is 6.26 Å². The normalized spacial score (nSPS) is 11.6. The Bertz CT molecular complexity index is 1420. The molecule has 3 aromatic carbocycles. The van der Waals surface area contributed by atoms with Gasteiger partial charge in [0.1, 0.15) is 0 Å². The molecule has 0 aliphatic heterocycles. The van der Waals surface area contributed by atoms with Crippen LogP contribution in [0.25, 0.3) is 10.9 Å². The van der Waals surface area contributed by atoms with Gasteiger partial charge >= 0.3 is 0 Å². The summed E-state index contributed by atoms with van der Waals surface area (Å²) in [7, 11) is -3.97. The number of carbonyl (C=O) groups is 1. The molecule has 0 aliphatic rings. The summed E-state index contributed by atoms with van der Waals surface area (Å²) >= 11 is 13.9. The van der Waals surface area contributed by atoms with Crippen molar-refractivity contribution in [3.05, 3.63) is 93.5 Å². The number of sulfonamides is 1. The third-order valence-electron chi connectivity index (χ3n) is 5.00. The fraction of sp³-hybridized carbons (Fsp3) is 0.0870. The maximum absolute atomic E-state index is 12.8. The Morgan fingerprint density at radius 1 is 1.03 bits per heavy atom. The molecular weight excluding hydrogens is 487 g/mol. The van der Waals surface area contributed by atoms with Crippen LogP contribution in [0.4, 0.5) is 0 Å². The van der Waals surface area contributed by atoms with Gasteiger partial charge in [-0.15, -0.1) is 11.8 Å². The summed E-state index contributed by atoms with van der Waals surface area (Å²) in [6, 6.07) is 18.2. The van der Waals surface area contributed by atoms with Crippen LogP contribution < -0.4 is 4.72 Å². The van der Waals surface area contributed by atoms with Gasteiger partial charge in [0.15, 0.2) is 0 Å². The number of carbonyl (C=O) groups excluding carboxylic acids is 1. The van der Waals surface area contributed by atoms with Gasteiger partial charge in [-0.2, -0.15) is 0 Å². The van der Waals surface area contributed by atoms with E-state index < -0.39 is 15.9 Å². The number of hydrogen-bond acceptors (Lipinski definition) is 4. The quantitative estimate of drug-likeness (QED) is 0.320. The number of nitrogens with one attached hydrogen (secondary N) is 2. The second-order valence-electron chi connectivity index (χ2n) is 7.06. The van der Waals surface area contributed by atoms with Crippen LogP contribution in [-0.2, 0) is 16.4 Å². The van der Waals surface area contributed by atoms with Crippen molar-refractivity contribution in [3.8, 4) is 0 Å². The first-order chi connectivity index (χ1) is 15.3. The molecule has 0 aliphatic carbocycles. The number of fused-ring (bicyclic) bond motifs is 1. The highest BCUT2D eigenvalue weighted by Gasteiger charge is 2.20. The number of H-pyrrole nitrogens is 1. The third kappa shape index (κ3) is 4.66. The summed E-state index contributed by atoms with van der Waals surface area (Å²) in [5.74, 6) is -0.696. The lowest BCUT2D eigenvalue weighted by atomic mass is 10.0. The SMILES string of the molecule is CSc1[nH]c2ccc(C(=O)NS(=O)(=O)c3ccccc3)cc2c1Cc1ccc(Cl)cc1Cl. The van der Waals surface area contributed by atoms with Crippen molar-refractivity contribution in [1.29, 1.82) is 0 Å². The summed E-state index contributed by atoms with van der Waals surface area (Å²) in [6.07, 6.45) is 2.48. The summed E-state index contributed by atoms with van der Waals surface area (Å²) in [6.45, 7) is 0. The number of thioether (sulfide) groups is 1. The monoisotopic (exact) mass is 504 g/mol. The highest BCUT2D eigenvalue weighted by Crippen LogP contribution is 2.33. The average Bonchev–Trinajstić information content (AvgIpc) is 3.12. The predicted molar refractivity (Wildman–Crippen MR) is 130 cm³/mol. The Balaban J connectivity index is 1.70. The number of amides is 1. The Labute approximate surface area is 200 Å². The molecule has 2 N–H and O–H groups in total. The second-order valence-corrected chi connectivity index (χ2v) is 10.4. The van der Waals surface area contributed by atoms with Crippen LogP contribution in [0.5, 0.6) is 0 Å². The molecule has 0 saturated carbocycles. The predicted octanol–water partition coefficient (Wildman–Crippen LogP) is 5.91. The van der Waals surface area contributed by atoms with E-state index in [1.165, 1.54) is 12.1 Å². The van der Waals surface area contributed by atoms with Crippen LogP contribution in [0.2, 0.25) is 10.0 Å². The zero-order chi connectivity index (χ0) is 22.9. The molecule has 164 valence electrons. The molecule has 0 bridgehead atoms. The van der Waals surface area contributed by atoms with E-state index in [-0.39, 0.29) is 10.5 Å². The Kier molecular flexibility index (Phi) is 6.53. The van der Waals surface area contributed by atoms with Gasteiger partial charge in [0.2, 0.25) is 0 Å². The first-order valence-electron chi connectivity index (χ1n) is 9.53. The molecule has 0 fully saturated rings. The number of hydrogen-bond donors (Lipinski definition) is 2. The topological polar surface area (TPSA) is 79.0 Å². The van der Waals surface area contributed by atoms with Gasteiger partial charge in [0, 0.05) is 32.9 Å². The lowest BCUT2D eigenvalue weighted by Crippen LogP contribution is -2.30. The van der Waals surface area contributed by atoms with Crippen LogP contribution in [0, 0.1) is 0 Å². The van der Waals surface area contributed by atoms with Gasteiger partial charge in [0.05, 0.1) is 9.92 Å². The Morgan fingerprint density at radius 3 is 2.47 bits per heavy atom. The molecule has 9 heteroatoms. The molecule has 4 aromatic rings. The number of benzene rings is 3. The van der Waals surface area contributed by atoms with E-state index in [9.17, 15) is 13.2 Å².